The van der Waals surface area contributed by atoms with Gasteiger partial charge in [-0.15, -0.1) is 0 Å². The van der Waals surface area contributed by atoms with Gasteiger partial charge in [-0.25, -0.2) is 4.39 Å². The topological polar surface area (TPSA) is 0 Å². The smallest absolute Gasteiger partial charge is 0.123 e. The van der Waals surface area contributed by atoms with Gasteiger partial charge < -0.3 is 0 Å². The van der Waals surface area contributed by atoms with Crippen molar-refractivity contribution in [2.45, 2.75) is 236 Å². The lowest BCUT2D eigenvalue weighted by Crippen LogP contribution is -2.16. The van der Waals surface area contributed by atoms with Gasteiger partial charge in [0.15, 0.2) is 0 Å². The van der Waals surface area contributed by atoms with E-state index in [1.807, 2.05) is 6.92 Å². The first-order chi connectivity index (χ1) is 41.4. The molecule has 9 rings (SSSR count). The molecule has 0 aliphatic carbocycles. The molecule has 0 nitrogen and oxygen atoms in total. The van der Waals surface area contributed by atoms with Crippen LogP contribution in [-0.4, -0.2) is 0 Å². The van der Waals surface area contributed by atoms with Crippen molar-refractivity contribution in [3.8, 4) is 0 Å². The fourth-order valence-corrected chi connectivity index (χ4v) is 9.56. The molecular formula is C89H123F. The number of hydrogen-bond donors (Lipinski definition) is 0. The molecule has 0 aliphatic heterocycles. The molecule has 486 valence electrons. The summed E-state index contributed by atoms with van der Waals surface area (Å²) in [5.74, 6) is -0.171. The van der Waals surface area contributed by atoms with Crippen LogP contribution in [0.15, 0.2) is 182 Å². The summed E-state index contributed by atoms with van der Waals surface area (Å²) >= 11 is 0. The Hall–Kier alpha value is -7.09. The highest BCUT2D eigenvalue weighted by atomic mass is 19.1. The van der Waals surface area contributed by atoms with Crippen LogP contribution >= 0.6 is 0 Å². The molecule has 0 N–H and O–H groups in total. The first kappa shape index (κ1) is 80.9. The maximum absolute atomic E-state index is 12.1. The molecule has 0 atom stereocenters. The largest absolute Gasteiger partial charge is 0.207 e. The summed E-state index contributed by atoms with van der Waals surface area (Å²) in [6.45, 7) is 67.6. The second-order valence-corrected chi connectivity index (χ2v) is 29.4. The molecule has 0 amide bonds. The molecule has 0 aliphatic rings. The number of benzene rings is 9. The van der Waals surface area contributed by atoms with Gasteiger partial charge in [0.1, 0.15) is 5.82 Å². The molecular weight excluding hydrogens is 1090 g/mol. The highest BCUT2D eigenvalue weighted by Gasteiger charge is 2.20. The van der Waals surface area contributed by atoms with E-state index < -0.39 is 0 Å². The summed E-state index contributed by atoms with van der Waals surface area (Å²) in [6.07, 6.45) is 0. The van der Waals surface area contributed by atoms with Gasteiger partial charge in [0, 0.05) is 0 Å². The van der Waals surface area contributed by atoms with Crippen LogP contribution in [0.5, 0.6) is 0 Å². The second kappa shape index (κ2) is 37.9. The molecule has 0 unspecified atom stereocenters. The Kier molecular flexibility index (Phi) is 34.1. The van der Waals surface area contributed by atoms with Crippen LogP contribution < -0.4 is 0 Å². The van der Waals surface area contributed by atoms with Gasteiger partial charge in [0.2, 0.25) is 0 Å². The van der Waals surface area contributed by atoms with Crippen molar-refractivity contribution in [2.75, 3.05) is 0 Å². The third kappa shape index (κ3) is 32.6. The van der Waals surface area contributed by atoms with Crippen molar-refractivity contribution in [1.82, 2.24) is 0 Å². The normalized spacial score (nSPS) is 10.7. The Labute approximate surface area is 553 Å². The Bertz CT molecular complexity index is 3360. The Balaban J connectivity index is 0.000000509. The molecule has 0 fully saturated rings. The van der Waals surface area contributed by atoms with E-state index in [0.717, 1.165) is 5.56 Å². The van der Waals surface area contributed by atoms with Crippen molar-refractivity contribution in [3.63, 3.8) is 0 Å². The number of aryl methyl sites for hydroxylation is 17. The van der Waals surface area contributed by atoms with Gasteiger partial charge in [0.05, 0.1) is 0 Å². The average molecular weight is 1210 g/mol. The summed E-state index contributed by atoms with van der Waals surface area (Å²) < 4.78 is 12.1. The lowest BCUT2D eigenvalue weighted by Gasteiger charge is -2.25. The zero-order chi connectivity index (χ0) is 69.1. The summed E-state index contributed by atoms with van der Waals surface area (Å²) in [4.78, 5) is 0. The molecule has 9 aromatic carbocycles. The van der Waals surface area contributed by atoms with Crippen molar-refractivity contribution in [1.29, 1.82) is 0 Å². The van der Waals surface area contributed by atoms with Crippen LogP contribution in [0, 0.1) is 137 Å². The maximum atomic E-state index is 12.1. The Morgan fingerprint density at radius 3 is 0.811 bits per heavy atom. The molecule has 0 saturated heterocycles. The molecule has 90 heavy (non-hydrogen) atoms. The third-order valence-electron chi connectivity index (χ3n) is 16.1. The Morgan fingerprint density at radius 1 is 0.200 bits per heavy atom. The highest BCUT2D eigenvalue weighted by molar-refractivity contribution is 5.39. The maximum Gasteiger partial charge on any atom is 0.123 e. The summed E-state index contributed by atoms with van der Waals surface area (Å²) in [5.41, 5.74) is 32.6. The minimum Gasteiger partial charge on any atom is -0.207 e. The number of halogens is 1. The zero-order valence-corrected chi connectivity index (χ0v) is 62.7. The van der Waals surface area contributed by atoms with Crippen LogP contribution in [-0.2, 0) is 21.7 Å². The summed E-state index contributed by atoms with van der Waals surface area (Å²) in [7, 11) is 0. The molecule has 1 heteroatoms. The van der Waals surface area contributed by atoms with Crippen molar-refractivity contribution in [2.24, 2.45) is 0 Å². The molecule has 0 saturated carbocycles. The minimum absolute atomic E-state index is 0.171. The quantitative estimate of drug-likeness (QED) is 0.142. The van der Waals surface area contributed by atoms with Gasteiger partial charge in [-0.1, -0.05) is 297 Å². The summed E-state index contributed by atoms with van der Waals surface area (Å²) in [5, 5.41) is 0. The predicted octanol–water partition coefficient (Wildman–Crippen LogP) is 26.4. The molecule has 0 heterocycles. The van der Waals surface area contributed by atoms with E-state index >= 15 is 0 Å². The van der Waals surface area contributed by atoms with Crippen molar-refractivity contribution >= 4 is 0 Å². The van der Waals surface area contributed by atoms with E-state index in [1.165, 1.54) is 135 Å². The van der Waals surface area contributed by atoms with Gasteiger partial charge in [-0.3, -0.25) is 0 Å². The molecule has 0 radical (unpaired) electrons. The Morgan fingerprint density at radius 2 is 0.500 bits per heavy atom. The van der Waals surface area contributed by atoms with Crippen LogP contribution in [0.2, 0.25) is 0 Å². The lowest BCUT2D eigenvalue weighted by atomic mass is 9.80. The lowest BCUT2D eigenvalue weighted by molar-refractivity contribution is 0.567. The van der Waals surface area contributed by atoms with Gasteiger partial charge in [-0.2, -0.15) is 0 Å². The molecule has 0 spiro atoms. The minimum atomic E-state index is -0.171. The third-order valence-corrected chi connectivity index (χ3v) is 16.1. The predicted molar refractivity (Wildman–Crippen MR) is 403 cm³/mol. The standard InChI is InChI=1S/C15H24.2C11H16.C10H14.3C9H12.C8H10.C7H7F/c1-11-8-12(14(2,3)4)10-13(9-11)15(5,6)7;1-9-5-7-10(8-6-9)11(2,3)4;1-9-7-5-6-8-10(9)11(2,3)4;1-7-5-8(2)10(4)9(3)6-7;1-7-4-8(2)6-9(3)5-7;1-7-4-5-8(2)9(3)6-7;1-7-5-4-6-8(2)9(7)3;1-7-5-3-4-6-8(7)2;1-6-2-4-7(8)5-3-6/h8-10H,1-7H3;2*5-8H,1-4H3;5-6H,1-4H3;3*4-6H,1-3H3;3-6H,1-2H3;2-5H,1H3. The van der Waals surface area contributed by atoms with E-state index in [1.54, 1.807) is 12.1 Å². The SMILES string of the molecule is Cc1cc(C(C)(C)C)cc(C(C)(C)C)c1.Cc1cc(C)c(C)c(C)c1.Cc1cc(C)cc(C)c1.Cc1ccc(C(C)(C)C)cc1.Cc1ccc(C)c(C)c1.Cc1ccc(F)cc1.Cc1cccc(C)c1C.Cc1ccccc1C.Cc1ccccc1C(C)(C)C. The van der Waals surface area contributed by atoms with Crippen LogP contribution in [0.3, 0.4) is 0 Å². The van der Waals surface area contributed by atoms with Crippen LogP contribution in [0.4, 0.5) is 4.39 Å². The average Bonchev–Trinajstić information content (AvgIpc) is 0.974. The van der Waals surface area contributed by atoms with E-state index in [9.17, 15) is 4.39 Å². The number of hydrogen-bond acceptors (Lipinski definition) is 0. The summed E-state index contributed by atoms with van der Waals surface area (Å²) in [6, 6.07) is 62.9. The van der Waals surface area contributed by atoms with Crippen LogP contribution in [0.1, 0.15) is 211 Å². The van der Waals surface area contributed by atoms with Crippen molar-refractivity contribution < 1.29 is 4.39 Å². The zero-order valence-electron chi connectivity index (χ0n) is 62.7. The van der Waals surface area contributed by atoms with E-state index in [-0.39, 0.29) is 27.5 Å². The van der Waals surface area contributed by atoms with E-state index in [2.05, 4.69) is 365 Å². The fraction of sp³-hybridized carbons (Fsp3) is 0.393. The van der Waals surface area contributed by atoms with Crippen LogP contribution in [0.25, 0.3) is 0 Å². The monoisotopic (exact) mass is 1210 g/mol. The number of rotatable bonds is 0. The first-order valence-corrected chi connectivity index (χ1v) is 32.6. The first-order valence-electron chi connectivity index (χ1n) is 32.6. The second-order valence-electron chi connectivity index (χ2n) is 29.4. The van der Waals surface area contributed by atoms with Gasteiger partial charge >= 0.3 is 0 Å². The molecule has 0 bridgehead atoms. The van der Waals surface area contributed by atoms with Crippen molar-refractivity contribution in [3.05, 3.63) is 316 Å². The molecule has 9 aromatic rings. The van der Waals surface area contributed by atoms with E-state index in [4.69, 9.17) is 0 Å². The molecule has 0 aromatic heterocycles. The van der Waals surface area contributed by atoms with Gasteiger partial charge in [0.25, 0.3) is 0 Å². The van der Waals surface area contributed by atoms with E-state index in [0.29, 0.717) is 0 Å². The highest BCUT2D eigenvalue weighted by Crippen LogP contribution is 2.30. The fourth-order valence-electron chi connectivity index (χ4n) is 9.56. The van der Waals surface area contributed by atoms with Gasteiger partial charge in [-0.05, 0) is 249 Å².